The fourth-order valence-electron chi connectivity index (χ4n) is 7.15. The minimum absolute atomic E-state index is 0.0121. The monoisotopic (exact) mass is 676 g/mol. The molecule has 1 aromatic carbocycles. The van der Waals surface area contributed by atoms with Crippen molar-refractivity contribution in [2.75, 3.05) is 23.8 Å². The van der Waals surface area contributed by atoms with Gasteiger partial charge in [-0.15, -0.1) is 0 Å². The number of piperazine rings is 1. The molecule has 1 saturated carbocycles. The zero-order valence-electron chi connectivity index (χ0n) is 24.7. The zero-order valence-corrected chi connectivity index (χ0v) is 24.7. The summed E-state index contributed by atoms with van der Waals surface area (Å²) in [5.41, 5.74) is -2.05. The van der Waals surface area contributed by atoms with Crippen molar-refractivity contribution in [3.8, 4) is 23.1 Å². The van der Waals surface area contributed by atoms with Crippen molar-refractivity contribution < 1.29 is 54.8 Å². The summed E-state index contributed by atoms with van der Waals surface area (Å²) < 4.78 is 126. The van der Waals surface area contributed by atoms with Crippen LogP contribution in [0.3, 0.4) is 0 Å². The minimum atomic E-state index is -5.42. The highest BCUT2D eigenvalue weighted by Crippen LogP contribution is 2.58. The maximum atomic E-state index is 16.6. The summed E-state index contributed by atoms with van der Waals surface area (Å²) in [4.78, 5) is 14.4. The molecule has 0 radical (unpaired) electrons. The SMILES string of the molecule is Cc1c(F)c(N)cc(-c2nc3c4c(nc(OCC5(C(O)(O)C(F)(F)F)CC5)nc4c2F)N2C[C@H]4CC[C@H](N4)[C@H]2[C@H](C)O3)c1C(F)(F)F. The summed E-state index contributed by atoms with van der Waals surface area (Å²) in [5.74, 6) is -7.17. The highest BCUT2D eigenvalue weighted by Gasteiger charge is 2.71. The molecule has 3 fully saturated rings. The van der Waals surface area contributed by atoms with E-state index in [-0.39, 0.29) is 42.0 Å². The summed E-state index contributed by atoms with van der Waals surface area (Å²) in [6.45, 7) is 1.95. The summed E-state index contributed by atoms with van der Waals surface area (Å²) in [6.07, 6.45) is -10.3. The van der Waals surface area contributed by atoms with Gasteiger partial charge >= 0.3 is 18.4 Å². The Kier molecular flexibility index (Phi) is 6.85. The molecule has 254 valence electrons. The van der Waals surface area contributed by atoms with Crippen LogP contribution in [-0.2, 0) is 6.18 Å². The fourth-order valence-corrected chi connectivity index (χ4v) is 7.15. The molecule has 2 bridgehead atoms. The van der Waals surface area contributed by atoms with E-state index in [1.165, 1.54) is 0 Å². The maximum Gasteiger partial charge on any atom is 0.443 e. The predicted octanol–water partition coefficient (Wildman–Crippen LogP) is 4.37. The molecule has 7 rings (SSSR count). The summed E-state index contributed by atoms with van der Waals surface area (Å²) >= 11 is 0. The van der Waals surface area contributed by atoms with E-state index in [1.807, 2.05) is 4.90 Å². The number of hydrogen-bond acceptors (Lipinski definition) is 10. The van der Waals surface area contributed by atoms with E-state index in [2.05, 4.69) is 20.3 Å². The molecular weight excluding hydrogens is 648 g/mol. The number of ether oxygens (including phenoxy) is 2. The largest absolute Gasteiger partial charge is 0.472 e. The van der Waals surface area contributed by atoms with Crippen LogP contribution in [0.25, 0.3) is 22.2 Å². The normalized spacial score (nSPS) is 25.0. The van der Waals surface area contributed by atoms with Crippen LogP contribution in [0.15, 0.2) is 6.07 Å². The number of nitrogens with two attached hydrogens (primary N) is 1. The Hall–Kier alpha value is -3.77. The average Bonchev–Trinajstić information content (AvgIpc) is 3.71. The number of rotatable bonds is 5. The Morgan fingerprint density at radius 1 is 1.09 bits per heavy atom. The van der Waals surface area contributed by atoms with Crippen molar-refractivity contribution in [2.24, 2.45) is 5.41 Å². The van der Waals surface area contributed by atoms with Crippen LogP contribution in [0.5, 0.6) is 11.9 Å². The number of nitrogen functional groups attached to an aromatic ring is 1. The number of alkyl halides is 6. The lowest BCUT2D eigenvalue weighted by Gasteiger charge is -2.42. The first-order valence-corrected chi connectivity index (χ1v) is 14.8. The average molecular weight is 677 g/mol. The first kappa shape index (κ1) is 31.8. The van der Waals surface area contributed by atoms with E-state index in [1.54, 1.807) is 6.92 Å². The van der Waals surface area contributed by atoms with Gasteiger partial charge in [-0.05, 0) is 51.2 Å². The standard InChI is InChI=1S/C29H28F8N6O4/c1-10-17(27(32,33)34)13(7-14(38)18(10)30)20-19(31)21-16-23(42-25(41-21)46-9-26(5-6-26)28(44,45)29(35,36)37)43-8-12-3-4-15(39-12)22(43)11(2)47-24(16)40-20/h7,11-12,15,22,39,44-45H,3-6,8-9,38H2,1-2H3/t11-,12+,15-,22+/m0/s1. The van der Waals surface area contributed by atoms with Crippen LogP contribution in [0.4, 0.5) is 46.6 Å². The molecule has 0 unspecified atom stereocenters. The van der Waals surface area contributed by atoms with E-state index in [0.717, 1.165) is 19.8 Å². The van der Waals surface area contributed by atoms with E-state index in [9.17, 15) is 40.9 Å². The second kappa shape index (κ2) is 10.1. The van der Waals surface area contributed by atoms with Crippen molar-refractivity contribution >= 4 is 22.4 Å². The number of hydrogen-bond donors (Lipinski definition) is 4. The Morgan fingerprint density at radius 2 is 1.79 bits per heavy atom. The van der Waals surface area contributed by atoms with Gasteiger partial charge in [0.2, 0.25) is 5.88 Å². The molecule has 5 heterocycles. The van der Waals surface area contributed by atoms with Gasteiger partial charge < -0.3 is 35.6 Å². The van der Waals surface area contributed by atoms with Gasteiger partial charge in [0.05, 0.1) is 22.7 Å². The minimum Gasteiger partial charge on any atom is -0.472 e. The molecule has 3 aromatic rings. The summed E-state index contributed by atoms with van der Waals surface area (Å²) in [5, 5.41) is 23.3. The van der Waals surface area contributed by atoms with Gasteiger partial charge in [-0.3, -0.25) is 0 Å². The molecule has 2 saturated heterocycles. The molecular formula is C29H28F8N6O4. The second-order valence-electron chi connectivity index (χ2n) is 12.7. The van der Waals surface area contributed by atoms with E-state index >= 15 is 4.39 Å². The van der Waals surface area contributed by atoms with Crippen molar-refractivity contribution in [3.63, 3.8) is 0 Å². The first-order chi connectivity index (χ1) is 21.8. The number of aromatic nitrogens is 3. The Labute approximate surface area is 260 Å². The molecule has 4 aliphatic rings. The third-order valence-corrected chi connectivity index (χ3v) is 9.76. The third kappa shape index (κ3) is 4.73. The molecule has 1 aliphatic carbocycles. The molecule has 5 N–H and O–H groups in total. The van der Waals surface area contributed by atoms with Crippen LogP contribution < -0.4 is 25.4 Å². The van der Waals surface area contributed by atoms with Gasteiger partial charge in [0, 0.05) is 24.2 Å². The summed E-state index contributed by atoms with van der Waals surface area (Å²) in [7, 11) is 0. The maximum absolute atomic E-state index is 16.6. The zero-order chi connectivity index (χ0) is 34.0. The predicted molar refractivity (Wildman–Crippen MR) is 148 cm³/mol. The molecule has 2 aromatic heterocycles. The number of fused-ring (bicyclic) bond motifs is 5. The van der Waals surface area contributed by atoms with Gasteiger partial charge in [0.15, 0.2) is 5.82 Å². The van der Waals surface area contributed by atoms with E-state index < -0.39 is 93.5 Å². The van der Waals surface area contributed by atoms with Gasteiger partial charge in [-0.2, -0.15) is 36.3 Å². The lowest BCUT2D eigenvalue weighted by Crippen LogP contribution is -2.62. The molecule has 47 heavy (non-hydrogen) atoms. The quantitative estimate of drug-likeness (QED) is 0.175. The smallest absolute Gasteiger partial charge is 0.443 e. The number of benzene rings is 1. The fraction of sp³-hybridized carbons (Fsp3) is 0.552. The molecule has 4 atom stereocenters. The Morgan fingerprint density at radius 3 is 2.43 bits per heavy atom. The third-order valence-electron chi connectivity index (χ3n) is 9.76. The Balaban J connectivity index is 1.44. The van der Waals surface area contributed by atoms with Crippen LogP contribution in [-0.4, -0.2) is 74.5 Å². The van der Waals surface area contributed by atoms with Gasteiger partial charge in [0.25, 0.3) is 5.79 Å². The highest BCUT2D eigenvalue weighted by molar-refractivity contribution is 5.97. The van der Waals surface area contributed by atoms with Gasteiger partial charge in [0.1, 0.15) is 40.9 Å². The number of pyridine rings is 1. The van der Waals surface area contributed by atoms with Gasteiger partial charge in [-0.1, -0.05) is 0 Å². The number of nitrogens with zero attached hydrogens (tertiary/aromatic N) is 4. The van der Waals surface area contributed by atoms with Crippen LogP contribution in [0.1, 0.15) is 43.7 Å². The number of halogens is 8. The van der Waals surface area contributed by atoms with Crippen LogP contribution in [0.2, 0.25) is 0 Å². The van der Waals surface area contributed by atoms with Gasteiger partial charge in [-0.25, -0.2) is 13.8 Å². The molecule has 3 aliphatic heterocycles. The lowest BCUT2D eigenvalue weighted by atomic mass is 9.95. The molecule has 0 spiro atoms. The topological polar surface area (TPSA) is 139 Å². The van der Waals surface area contributed by atoms with Crippen molar-refractivity contribution in [3.05, 3.63) is 28.8 Å². The first-order valence-electron chi connectivity index (χ1n) is 14.8. The second-order valence-corrected chi connectivity index (χ2v) is 12.7. The highest BCUT2D eigenvalue weighted by atomic mass is 19.4. The van der Waals surface area contributed by atoms with Crippen LogP contribution >= 0.6 is 0 Å². The van der Waals surface area contributed by atoms with Crippen molar-refractivity contribution in [1.29, 1.82) is 0 Å². The number of aliphatic hydroxyl groups is 2. The lowest BCUT2D eigenvalue weighted by molar-refractivity contribution is -0.378. The molecule has 0 amide bonds. The molecule has 10 nitrogen and oxygen atoms in total. The number of nitrogens with one attached hydrogen (secondary N) is 1. The van der Waals surface area contributed by atoms with E-state index in [0.29, 0.717) is 12.6 Å². The molecule has 18 heteroatoms. The summed E-state index contributed by atoms with van der Waals surface area (Å²) in [6, 6.07) is -0.654. The number of anilines is 2. The van der Waals surface area contributed by atoms with Crippen molar-refractivity contribution in [1.82, 2.24) is 20.3 Å². The van der Waals surface area contributed by atoms with Crippen molar-refractivity contribution in [2.45, 2.75) is 81.9 Å². The van der Waals surface area contributed by atoms with E-state index in [4.69, 9.17) is 15.2 Å². The van der Waals surface area contributed by atoms with Crippen LogP contribution in [0, 0.1) is 24.0 Å². The Bertz CT molecular complexity index is 1800.